The molecule has 7 nitrogen and oxygen atoms in total. The van der Waals surface area contributed by atoms with Gasteiger partial charge in [0.2, 0.25) is 10.0 Å². The summed E-state index contributed by atoms with van der Waals surface area (Å²) in [5.74, 6) is 2.10. The number of hydrogen-bond donors (Lipinski definition) is 0. The number of sulfonamides is 1. The van der Waals surface area contributed by atoms with E-state index in [0.717, 1.165) is 25.3 Å². The van der Waals surface area contributed by atoms with Gasteiger partial charge in [0.15, 0.2) is 0 Å². The minimum atomic E-state index is -4.87. The third-order valence-corrected chi connectivity index (χ3v) is 13.3. The van der Waals surface area contributed by atoms with E-state index in [1.165, 1.54) is 62.7 Å². The molecule has 4 aliphatic rings. The highest BCUT2D eigenvalue weighted by molar-refractivity contribution is 7.89. The second-order valence-electron chi connectivity index (χ2n) is 12.0. The lowest BCUT2D eigenvalue weighted by Crippen LogP contribution is -2.52. The Balaban J connectivity index is 1.50. The molecule has 0 aliphatic heterocycles. The highest BCUT2D eigenvalue weighted by atomic mass is 35.5. The quantitative estimate of drug-likeness (QED) is 0.205. The van der Waals surface area contributed by atoms with Crippen LogP contribution in [0.25, 0.3) is 0 Å². The number of rotatable bonds is 13. The number of ether oxygens (including phenoxy) is 1. The van der Waals surface area contributed by atoms with Gasteiger partial charge in [0.05, 0.1) is 30.9 Å². The summed E-state index contributed by atoms with van der Waals surface area (Å²) in [5.41, 5.74) is -4.39. The molecule has 0 atom stereocenters. The van der Waals surface area contributed by atoms with Crippen molar-refractivity contribution in [3.63, 3.8) is 0 Å². The van der Waals surface area contributed by atoms with Gasteiger partial charge < -0.3 is 13.8 Å². The summed E-state index contributed by atoms with van der Waals surface area (Å²) >= 11 is 6.38. The minimum Gasteiger partial charge on any atom is -0.495 e. The third kappa shape index (κ3) is 5.92. The Hall–Kier alpha value is -1.55. The first kappa shape index (κ1) is 31.9. The average molecular weight is 646 g/mol. The number of hydrogen-bond acceptors (Lipinski definition) is 6. The second-order valence-corrected chi connectivity index (χ2v) is 16.4. The van der Waals surface area contributed by atoms with E-state index >= 15 is 8.78 Å². The standard InChI is InChI=1S/C30H39ClF2NO6PS/c1-4-39-41(35,40-5-2)30(32,33)25-11-10-21(15-26(25)31)19-34(42(36,37)28-9-7-6-8-27(28)38-3)20-29-16-22-12-23(17-29)14-24(13-22)18-29/h6-11,15,22-24H,4-5,12-14,16-20H2,1-3H3. The van der Waals surface area contributed by atoms with Crippen LogP contribution in [0.1, 0.15) is 63.5 Å². The molecule has 4 saturated carbocycles. The predicted octanol–water partition coefficient (Wildman–Crippen LogP) is 8.07. The number of alkyl halides is 2. The zero-order valence-electron chi connectivity index (χ0n) is 24.2. The van der Waals surface area contributed by atoms with E-state index in [4.69, 9.17) is 25.4 Å². The summed E-state index contributed by atoms with van der Waals surface area (Å²) in [7, 11) is -7.48. The van der Waals surface area contributed by atoms with Gasteiger partial charge >= 0.3 is 13.3 Å². The number of methoxy groups -OCH3 is 1. The van der Waals surface area contributed by atoms with Gasteiger partial charge in [-0.05, 0) is 99.3 Å². The minimum absolute atomic E-state index is 0.0563. The molecule has 0 unspecified atom stereocenters. The van der Waals surface area contributed by atoms with Gasteiger partial charge in [-0.2, -0.15) is 13.1 Å². The highest BCUT2D eigenvalue weighted by Crippen LogP contribution is 2.67. The lowest BCUT2D eigenvalue weighted by atomic mass is 9.49. The largest absolute Gasteiger partial charge is 0.495 e. The van der Waals surface area contributed by atoms with Crippen molar-refractivity contribution >= 4 is 29.2 Å². The zero-order chi connectivity index (χ0) is 30.3. The first-order chi connectivity index (χ1) is 19.9. The Morgan fingerprint density at radius 2 is 1.57 bits per heavy atom. The first-order valence-corrected chi connectivity index (χ1v) is 17.9. The molecule has 4 fully saturated rings. The molecular formula is C30H39ClF2NO6PS. The van der Waals surface area contributed by atoms with Crippen molar-refractivity contribution in [2.24, 2.45) is 23.2 Å². The molecule has 4 aliphatic carbocycles. The van der Waals surface area contributed by atoms with E-state index < -0.39 is 28.8 Å². The van der Waals surface area contributed by atoms with Gasteiger partial charge in [0.1, 0.15) is 10.6 Å². The van der Waals surface area contributed by atoms with E-state index in [1.54, 1.807) is 18.2 Å². The normalized spacial score (nSPS) is 25.7. The molecule has 42 heavy (non-hydrogen) atoms. The van der Waals surface area contributed by atoms with E-state index in [1.807, 2.05) is 0 Å². The van der Waals surface area contributed by atoms with Crippen LogP contribution < -0.4 is 4.74 Å². The Morgan fingerprint density at radius 1 is 1.00 bits per heavy atom. The average Bonchev–Trinajstić information content (AvgIpc) is 2.92. The monoisotopic (exact) mass is 645 g/mol. The lowest BCUT2D eigenvalue weighted by molar-refractivity contribution is -0.0607. The van der Waals surface area contributed by atoms with Gasteiger partial charge in [0, 0.05) is 13.1 Å². The first-order valence-electron chi connectivity index (χ1n) is 14.6. The molecule has 232 valence electrons. The third-order valence-electron chi connectivity index (χ3n) is 9.02. The Labute approximate surface area is 252 Å². The molecule has 6 rings (SSSR count). The fourth-order valence-electron chi connectivity index (χ4n) is 7.85. The fourth-order valence-corrected chi connectivity index (χ4v) is 11.5. The van der Waals surface area contributed by atoms with E-state index in [2.05, 4.69) is 0 Å². The van der Waals surface area contributed by atoms with Gasteiger partial charge in [-0.3, -0.25) is 4.57 Å². The Morgan fingerprint density at radius 3 is 2.10 bits per heavy atom. The summed E-state index contributed by atoms with van der Waals surface area (Å²) < 4.78 is 89.2. The van der Waals surface area contributed by atoms with Gasteiger partial charge in [0.25, 0.3) is 0 Å². The van der Waals surface area contributed by atoms with Gasteiger partial charge in [-0.15, -0.1) is 0 Å². The lowest BCUT2D eigenvalue weighted by Gasteiger charge is -2.57. The van der Waals surface area contributed by atoms with E-state index in [9.17, 15) is 13.0 Å². The summed E-state index contributed by atoms with van der Waals surface area (Å²) in [6, 6.07) is 10.3. The van der Waals surface area contributed by atoms with E-state index in [0.29, 0.717) is 29.9 Å². The van der Waals surface area contributed by atoms with Crippen LogP contribution >= 0.6 is 19.2 Å². The summed E-state index contributed by atoms with van der Waals surface area (Å²) in [5, 5.41) is -0.346. The fraction of sp³-hybridized carbons (Fsp3) is 0.600. The van der Waals surface area contributed by atoms with Crippen molar-refractivity contribution in [1.82, 2.24) is 4.31 Å². The van der Waals surface area contributed by atoms with Gasteiger partial charge in [-0.25, -0.2) is 8.42 Å². The van der Waals surface area contributed by atoms with Crippen molar-refractivity contribution in [3.05, 3.63) is 58.6 Å². The SMILES string of the molecule is CCOP(=O)(OCC)C(F)(F)c1ccc(CN(CC23CC4CC(CC(C4)C2)C3)S(=O)(=O)c2ccccc2OC)cc1Cl. The smallest absolute Gasteiger partial charge is 0.404 e. The molecule has 12 heteroatoms. The van der Waals surface area contributed by atoms with Crippen LogP contribution in [0, 0.1) is 23.2 Å². The second kappa shape index (κ2) is 12.1. The zero-order valence-corrected chi connectivity index (χ0v) is 26.7. The number of nitrogens with zero attached hydrogens (tertiary/aromatic N) is 1. The molecule has 0 radical (unpaired) electrons. The van der Waals surface area contributed by atoms with Crippen LogP contribution in [-0.4, -0.2) is 39.6 Å². The van der Waals surface area contributed by atoms with Crippen molar-refractivity contribution < 1.29 is 35.5 Å². The van der Waals surface area contributed by atoms with Crippen LogP contribution in [0.3, 0.4) is 0 Å². The number of halogens is 3. The molecule has 0 heterocycles. The molecule has 0 amide bonds. The number of benzene rings is 2. The molecule has 0 spiro atoms. The van der Waals surface area contributed by atoms with Crippen molar-refractivity contribution in [2.75, 3.05) is 26.9 Å². The maximum Gasteiger partial charge on any atom is 0.404 e. The summed E-state index contributed by atoms with van der Waals surface area (Å²) in [6.07, 6.45) is 6.64. The van der Waals surface area contributed by atoms with Crippen LogP contribution in [0.15, 0.2) is 47.4 Å². The predicted molar refractivity (Wildman–Crippen MR) is 157 cm³/mol. The van der Waals surface area contributed by atoms with Crippen LogP contribution in [0.5, 0.6) is 5.75 Å². The maximum atomic E-state index is 15.5. The molecule has 2 aromatic carbocycles. The molecule has 4 bridgehead atoms. The van der Waals surface area contributed by atoms with Crippen LogP contribution in [0.2, 0.25) is 5.02 Å². The van der Waals surface area contributed by atoms with Crippen molar-refractivity contribution in [2.45, 2.75) is 69.5 Å². The van der Waals surface area contributed by atoms with E-state index in [-0.39, 0.29) is 40.8 Å². The summed E-state index contributed by atoms with van der Waals surface area (Å²) in [4.78, 5) is 0.0563. The van der Waals surface area contributed by atoms with Crippen LogP contribution in [-0.2, 0) is 35.8 Å². The molecule has 0 N–H and O–H groups in total. The highest BCUT2D eigenvalue weighted by Gasteiger charge is 2.56. The maximum absolute atomic E-state index is 15.5. The molecule has 2 aromatic rings. The topological polar surface area (TPSA) is 82.1 Å². The van der Waals surface area contributed by atoms with Crippen molar-refractivity contribution in [3.8, 4) is 5.75 Å². The Kier molecular flexibility index (Phi) is 9.17. The molecular weight excluding hydrogens is 607 g/mol. The number of para-hydroxylation sites is 1. The summed E-state index contributed by atoms with van der Waals surface area (Å²) in [6.45, 7) is 2.70. The molecule has 0 aromatic heterocycles. The van der Waals surface area contributed by atoms with Crippen molar-refractivity contribution in [1.29, 1.82) is 0 Å². The Bertz CT molecular complexity index is 1410. The van der Waals surface area contributed by atoms with Gasteiger partial charge in [-0.1, -0.05) is 35.9 Å². The molecule has 0 saturated heterocycles. The van der Waals surface area contributed by atoms with Crippen LogP contribution in [0.4, 0.5) is 8.78 Å².